The van der Waals surface area contributed by atoms with Crippen LogP contribution in [0.25, 0.3) is 10.9 Å². The summed E-state index contributed by atoms with van der Waals surface area (Å²) >= 11 is 9.63. The molecule has 1 heterocycles. The van der Waals surface area contributed by atoms with Crippen molar-refractivity contribution in [2.45, 2.75) is 39.7 Å². The second-order valence-corrected chi connectivity index (χ2v) is 8.17. The minimum Gasteiger partial charge on any atom is -0.483 e. The summed E-state index contributed by atoms with van der Waals surface area (Å²) in [6, 6.07) is 8.07. The highest BCUT2D eigenvalue weighted by molar-refractivity contribution is 9.10. The van der Waals surface area contributed by atoms with E-state index >= 15 is 0 Å². The topological polar surface area (TPSA) is 99.6 Å². The highest BCUT2D eigenvalue weighted by Crippen LogP contribution is 2.36. The monoisotopic (exact) mass is 506 g/mol. The molecule has 31 heavy (non-hydrogen) atoms. The molecule has 0 radical (unpaired) electrons. The Labute approximate surface area is 191 Å². The number of nitrogens with zero attached hydrogens (tertiary/aromatic N) is 4. The molecule has 0 aliphatic carbocycles. The molecule has 0 N–H and O–H groups in total. The molecular formula is C21H20BrClN4O4. The van der Waals surface area contributed by atoms with Gasteiger partial charge in [0.15, 0.2) is 0 Å². The van der Waals surface area contributed by atoms with Gasteiger partial charge in [-0.2, -0.15) is 9.78 Å². The van der Waals surface area contributed by atoms with Crippen molar-refractivity contribution in [3.63, 3.8) is 0 Å². The Morgan fingerprint density at radius 2 is 2.10 bits per heavy atom. The molecule has 0 aliphatic heterocycles. The van der Waals surface area contributed by atoms with Crippen molar-refractivity contribution in [3.8, 4) is 5.75 Å². The largest absolute Gasteiger partial charge is 0.483 e. The lowest BCUT2D eigenvalue weighted by atomic mass is 10.2. The second-order valence-electron chi connectivity index (χ2n) is 6.85. The number of halogens is 2. The molecule has 0 fully saturated rings. The van der Waals surface area contributed by atoms with E-state index in [1.165, 1.54) is 23.0 Å². The first kappa shape index (κ1) is 22.9. The summed E-state index contributed by atoms with van der Waals surface area (Å²) in [4.78, 5) is 28.5. The molecule has 0 saturated heterocycles. The van der Waals surface area contributed by atoms with Gasteiger partial charge in [0.1, 0.15) is 5.82 Å². The maximum atomic E-state index is 13.0. The van der Waals surface area contributed by atoms with Gasteiger partial charge in [0.05, 0.1) is 33.2 Å². The Kier molecular flexibility index (Phi) is 7.07. The average Bonchev–Trinajstić information content (AvgIpc) is 2.74. The number of hydrogen-bond donors (Lipinski definition) is 0. The Morgan fingerprint density at radius 3 is 2.74 bits per heavy atom. The molecule has 0 saturated carbocycles. The molecule has 0 aliphatic rings. The van der Waals surface area contributed by atoms with Crippen LogP contribution in [0.2, 0.25) is 5.02 Å². The quantitative estimate of drug-likeness (QED) is 0.244. The fourth-order valence-corrected chi connectivity index (χ4v) is 3.51. The predicted octanol–water partition coefficient (Wildman–Crippen LogP) is 5.34. The maximum Gasteiger partial charge on any atom is 0.313 e. The Hall–Kier alpha value is -2.78. The summed E-state index contributed by atoms with van der Waals surface area (Å²) in [5.74, 6) is 0.482. The first-order valence-electron chi connectivity index (χ1n) is 9.65. The Balaban J connectivity index is 2.09. The Morgan fingerprint density at radius 1 is 1.35 bits per heavy atom. The van der Waals surface area contributed by atoms with Gasteiger partial charge in [-0.1, -0.05) is 41.4 Å². The summed E-state index contributed by atoms with van der Waals surface area (Å²) in [6.45, 7) is 5.57. The highest BCUT2D eigenvalue weighted by Gasteiger charge is 2.22. The molecule has 3 rings (SSSR count). The van der Waals surface area contributed by atoms with E-state index in [-0.39, 0.29) is 28.1 Å². The van der Waals surface area contributed by atoms with Gasteiger partial charge in [0, 0.05) is 22.5 Å². The molecule has 0 spiro atoms. The van der Waals surface area contributed by atoms with Crippen LogP contribution in [-0.4, -0.2) is 26.9 Å². The van der Waals surface area contributed by atoms with Crippen molar-refractivity contribution in [1.82, 2.24) is 9.66 Å². The summed E-state index contributed by atoms with van der Waals surface area (Å²) in [5.41, 5.74) is 0.327. The van der Waals surface area contributed by atoms with E-state index in [1.54, 1.807) is 19.1 Å². The van der Waals surface area contributed by atoms with Crippen molar-refractivity contribution in [2.24, 2.45) is 5.10 Å². The van der Waals surface area contributed by atoms with E-state index in [0.29, 0.717) is 35.1 Å². The number of aryl methyl sites for hydroxylation is 1. The van der Waals surface area contributed by atoms with E-state index in [0.717, 1.165) is 4.47 Å². The van der Waals surface area contributed by atoms with Crippen molar-refractivity contribution in [3.05, 3.63) is 71.7 Å². The van der Waals surface area contributed by atoms with Crippen LogP contribution in [0.15, 0.2) is 44.7 Å². The number of nitro groups is 1. The third-order valence-electron chi connectivity index (χ3n) is 4.65. The van der Waals surface area contributed by atoms with E-state index in [4.69, 9.17) is 16.3 Å². The first-order valence-corrected chi connectivity index (χ1v) is 10.8. The van der Waals surface area contributed by atoms with Crippen molar-refractivity contribution in [2.75, 3.05) is 0 Å². The number of rotatable bonds is 7. The van der Waals surface area contributed by atoms with Gasteiger partial charge in [-0.3, -0.25) is 14.9 Å². The van der Waals surface area contributed by atoms with E-state index in [1.807, 2.05) is 19.9 Å². The highest BCUT2D eigenvalue weighted by atomic mass is 79.9. The van der Waals surface area contributed by atoms with Crippen LogP contribution in [-0.2, 0) is 6.42 Å². The lowest BCUT2D eigenvalue weighted by molar-refractivity contribution is -0.386. The lowest BCUT2D eigenvalue weighted by Crippen LogP contribution is -2.22. The maximum absolute atomic E-state index is 13.0. The summed E-state index contributed by atoms with van der Waals surface area (Å²) < 4.78 is 7.57. The van der Waals surface area contributed by atoms with E-state index < -0.39 is 4.92 Å². The van der Waals surface area contributed by atoms with Gasteiger partial charge >= 0.3 is 5.69 Å². The minimum atomic E-state index is -0.556. The fourth-order valence-electron chi connectivity index (χ4n) is 2.88. The predicted molar refractivity (Wildman–Crippen MR) is 125 cm³/mol. The van der Waals surface area contributed by atoms with Gasteiger partial charge in [-0.15, -0.1) is 0 Å². The third kappa shape index (κ3) is 4.94. The molecule has 0 bridgehead atoms. The van der Waals surface area contributed by atoms with Gasteiger partial charge in [0.2, 0.25) is 5.75 Å². The lowest BCUT2D eigenvalue weighted by Gasteiger charge is -2.14. The summed E-state index contributed by atoms with van der Waals surface area (Å²) in [5, 5.41) is 16.3. The second kappa shape index (κ2) is 9.57. The summed E-state index contributed by atoms with van der Waals surface area (Å²) in [7, 11) is 0. The van der Waals surface area contributed by atoms with Crippen molar-refractivity contribution in [1.29, 1.82) is 0 Å². The zero-order valence-corrected chi connectivity index (χ0v) is 19.5. The minimum absolute atomic E-state index is 0.0156. The molecule has 0 amide bonds. The number of fused-ring (bicyclic) bond motifs is 1. The van der Waals surface area contributed by atoms with Crippen LogP contribution in [0.5, 0.6) is 5.75 Å². The zero-order valence-electron chi connectivity index (χ0n) is 17.1. The van der Waals surface area contributed by atoms with Crippen molar-refractivity contribution >= 4 is 50.3 Å². The number of aromatic nitrogens is 2. The van der Waals surface area contributed by atoms with E-state index in [2.05, 4.69) is 26.0 Å². The number of ether oxygens (including phenoxy) is 1. The molecule has 8 nitrogen and oxygen atoms in total. The van der Waals surface area contributed by atoms with Crippen LogP contribution in [0.1, 0.15) is 38.6 Å². The van der Waals surface area contributed by atoms with E-state index in [9.17, 15) is 14.9 Å². The zero-order chi connectivity index (χ0) is 22.7. The summed E-state index contributed by atoms with van der Waals surface area (Å²) in [6.07, 6.45) is 2.26. The normalized spacial score (nSPS) is 12.4. The molecule has 2 aromatic carbocycles. The SMILES string of the molecule is CCc1nc2ccc(Br)cc2c(=O)n1N=Cc1cc(Cl)c(O[C@H](C)CC)c([N+](=O)[O-])c1. The average molecular weight is 508 g/mol. The van der Waals surface area contributed by atoms with Gasteiger partial charge < -0.3 is 4.74 Å². The van der Waals surface area contributed by atoms with Gasteiger partial charge in [-0.25, -0.2) is 4.98 Å². The molecule has 1 atom stereocenters. The number of benzene rings is 2. The molecular weight excluding hydrogens is 488 g/mol. The molecule has 162 valence electrons. The van der Waals surface area contributed by atoms with Crippen LogP contribution in [0.3, 0.4) is 0 Å². The molecule has 10 heteroatoms. The smallest absolute Gasteiger partial charge is 0.313 e. The van der Waals surface area contributed by atoms with Crippen LogP contribution in [0, 0.1) is 10.1 Å². The third-order valence-corrected chi connectivity index (χ3v) is 5.42. The fraction of sp³-hybridized carbons (Fsp3) is 0.286. The molecule has 3 aromatic rings. The molecule has 0 unspecified atom stereocenters. The van der Waals surface area contributed by atoms with Crippen LogP contribution >= 0.6 is 27.5 Å². The van der Waals surface area contributed by atoms with Crippen LogP contribution < -0.4 is 10.3 Å². The first-order chi connectivity index (χ1) is 14.7. The number of nitro benzene ring substituents is 1. The molecule has 1 aromatic heterocycles. The van der Waals surface area contributed by atoms with Gasteiger partial charge in [0.25, 0.3) is 5.56 Å². The van der Waals surface area contributed by atoms with Crippen molar-refractivity contribution < 1.29 is 9.66 Å². The van der Waals surface area contributed by atoms with Crippen LogP contribution in [0.4, 0.5) is 5.69 Å². The number of hydrogen-bond acceptors (Lipinski definition) is 6. The van der Waals surface area contributed by atoms with Gasteiger partial charge in [-0.05, 0) is 37.6 Å². The standard InChI is InChI=1S/C21H20BrClN4O4/c1-4-12(3)31-20-16(23)8-13(9-18(20)27(29)30)11-24-26-19(5-2)25-17-7-6-14(22)10-15(17)21(26)28/h6-12H,4-5H2,1-3H3/t12-/m1/s1. The Bertz CT molecular complexity index is 1240.